The molecule has 2 rings (SSSR count). The molecule has 1 amide bonds. The zero-order valence-corrected chi connectivity index (χ0v) is 21.8. The first kappa shape index (κ1) is 29.2. The number of carbonyl (C=O) groups is 2. The van der Waals surface area contributed by atoms with E-state index in [1.165, 1.54) is 42.0 Å². The lowest BCUT2D eigenvalue weighted by atomic mass is 10.0. The van der Waals surface area contributed by atoms with Crippen molar-refractivity contribution in [3.8, 4) is 5.75 Å². The lowest BCUT2D eigenvalue weighted by molar-refractivity contribution is 0.0931. The SMILES string of the molecule is COC(=O)N/C=C/CCCc1cc(O)c(C(=O)C(C)C)c(=O)o1.Cc1ccc(CCC(C)C)s1. The minimum atomic E-state index is -0.818. The fourth-order valence-electron chi connectivity index (χ4n) is 2.88. The number of carbonyl (C=O) groups excluding carboxylic acids is 2. The van der Waals surface area contributed by atoms with E-state index >= 15 is 0 Å². The third kappa shape index (κ3) is 10.8. The summed E-state index contributed by atoms with van der Waals surface area (Å²) in [4.78, 5) is 37.4. The standard InChI is InChI=1S/C16H21NO6.C10H16S/c1-10(2)14(19)13-12(18)9-11(23-15(13)20)7-5-4-6-8-17-16(21)22-3;1-8(2)4-6-10-7-5-9(3)11-10/h6,8-10,18H,4-5,7H2,1-3H3,(H,17,21);5,7-8H,4,6H2,1-3H3/b8-6+;. The van der Waals surface area contributed by atoms with E-state index in [0.717, 1.165) is 5.92 Å². The predicted molar refractivity (Wildman–Crippen MR) is 136 cm³/mol. The molecule has 0 atom stereocenters. The van der Waals surface area contributed by atoms with E-state index in [2.05, 4.69) is 43.0 Å². The largest absolute Gasteiger partial charge is 0.507 e. The lowest BCUT2D eigenvalue weighted by Gasteiger charge is -2.06. The van der Waals surface area contributed by atoms with Crippen molar-refractivity contribution in [2.75, 3.05) is 7.11 Å². The molecule has 0 saturated carbocycles. The Kier molecular flexibility index (Phi) is 13.0. The number of rotatable bonds is 10. The summed E-state index contributed by atoms with van der Waals surface area (Å²) in [5.74, 6) is -0.0564. The number of aromatic hydroxyl groups is 1. The van der Waals surface area contributed by atoms with Crippen LogP contribution in [0.5, 0.6) is 5.75 Å². The molecule has 0 aliphatic heterocycles. The maximum absolute atomic E-state index is 11.8. The zero-order chi connectivity index (χ0) is 25.7. The van der Waals surface area contributed by atoms with Gasteiger partial charge in [0.1, 0.15) is 17.1 Å². The van der Waals surface area contributed by atoms with Crippen LogP contribution in [0.2, 0.25) is 0 Å². The first-order chi connectivity index (χ1) is 16.0. The van der Waals surface area contributed by atoms with Gasteiger partial charge in [-0.25, -0.2) is 9.59 Å². The van der Waals surface area contributed by atoms with E-state index < -0.39 is 23.4 Å². The van der Waals surface area contributed by atoms with Gasteiger partial charge in [-0.15, -0.1) is 11.3 Å². The quantitative estimate of drug-likeness (QED) is 0.311. The van der Waals surface area contributed by atoms with E-state index in [1.54, 1.807) is 19.9 Å². The van der Waals surface area contributed by atoms with Crippen LogP contribution in [0.15, 0.2) is 39.7 Å². The summed E-state index contributed by atoms with van der Waals surface area (Å²) in [5.41, 5.74) is -1.12. The van der Waals surface area contributed by atoms with Gasteiger partial charge in [-0.2, -0.15) is 0 Å². The Labute approximate surface area is 205 Å². The minimum Gasteiger partial charge on any atom is -0.507 e. The third-order valence-corrected chi connectivity index (χ3v) is 5.88. The lowest BCUT2D eigenvalue weighted by Crippen LogP contribution is -2.19. The normalized spacial score (nSPS) is 10.9. The topological polar surface area (TPSA) is 106 Å². The van der Waals surface area contributed by atoms with Crippen molar-refractivity contribution >= 4 is 23.2 Å². The Balaban J connectivity index is 0.000000437. The molecule has 0 bridgehead atoms. The number of ether oxygens (including phenoxy) is 1. The van der Waals surface area contributed by atoms with Gasteiger partial charge in [0, 0.05) is 34.4 Å². The Bertz CT molecular complexity index is 1000. The number of nitrogens with one attached hydrogen (secondary N) is 1. The van der Waals surface area contributed by atoms with Gasteiger partial charge in [0.05, 0.1) is 7.11 Å². The Morgan fingerprint density at radius 1 is 1.21 bits per heavy atom. The Hall–Kier alpha value is -2.87. The van der Waals surface area contributed by atoms with Gasteiger partial charge in [-0.05, 0) is 50.7 Å². The summed E-state index contributed by atoms with van der Waals surface area (Å²) in [6.45, 7) is 10.0. The van der Waals surface area contributed by atoms with Crippen LogP contribution in [0.3, 0.4) is 0 Å². The highest BCUT2D eigenvalue weighted by molar-refractivity contribution is 7.11. The molecule has 0 aliphatic rings. The predicted octanol–water partition coefficient (Wildman–Crippen LogP) is 6.02. The molecule has 0 saturated heterocycles. The van der Waals surface area contributed by atoms with Gasteiger partial charge in [-0.1, -0.05) is 33.8 Å². The van der Waals surface area contributed by atoms with Crippen molar-refractivity contribution in [1.82, 2.24) is 5.32 Å². The van der Waals surface area contributed by atoms with Gasteiger partial charge in [0.25, 0.3) is 0 Å². The number of Topliss-reactive ketones (excluding diaryl/α,β-unsaturated/α-hetero) is 1. The molecule has 0 aliphatic carbocycles. The van der Waals surface area contributed by atoms with E-state index in [9.17, 15) is 19.5 Å². The second-order valence-electron chi connectivity index (χ2n) is 8.65. The maximum atomic E-state index is 11.8. The number of hydrogen-bond donors (Lipinski definition) is 2. The van der Waals surface area contributed by atoms with Gasteiger partial charge in [0.2, 0.25) is 0 Å². The summed E-state index contributed by atoms with van der Waals surface area (Å²) >= 11 is 1.93. The number of amides is 1. The van der Waals surface area contributed by atoms with Crippen molar-refractivity contribution in [3.05, 3.63) is 62.0 Å². The fraction of sp³-hybridized carbons (Fsp3) is 0.500. The number of ketones is 1. The summed E-state index contributed by atoms with van der Waals surface area (Å²) < 4.78 is 9.47. The van der Waals surface area contributed by atoms with Crippen LogP contribution in [-0.4, -0.2) is 24.1 Å². The minimum absolute atomic E-state index is 0.300. The maximum Gasteiger partial charge on any atom is 0.410 e. The molecule has 8 heteroatoms. The molecule has 0 radical (unpaired) electrons. The molecule has 2 aromatic rings. The van der Waals surface area contributed by atoms with Gasteiger partial charge >= 0.3 is 11.7 Å². The fourth-order valence-corrected chi connectivity index (χ4v) is 3.79. The molecule has 2 N–H and O–H groups in total. The smallest absolute Gasteiger partial charge is 0.410 e. The van der Waals surface area contributed by atoms with Gasteiger partial charge < -0.3 is 14.3 Å². The first-order valence-electron chi connectivity index (χ1n) is 11.5. The van der Waals surface area contributed by atoms with E-state index in [0.29, 0.717) is 25.0 Å². The number of alkyl carbamates (subject to hydrolysis) is 1. The molecular weight excluding hydrogens is 454 g/mol. The molecule has 34 heavy (non-hydrogen) atoms. The van der Waals surface area contributed by atoms with Crippen LogP contribution in [0, 0.1) is 18.8 Å². The first-order valence-corrected chi connectivity index (χ1v) is 12.3. The molecule has 188 valence electrons. The molecule has 0 aromatic carbocycles. The second kappa shape index (κ2) is 15.1. The van der Waals surface area contributed by atoms with Crippen molar-refractivity contribution in [2.45, 2.75) is 66.7 Å². The van der Waals surface area contributed by atoms with E-state index in [-0.39, 0.29) is 11.3 Å². The highest BCUT2D eigenvalue weighted by Gasteiger charge is 2.21. The molecule has 0 unspecified atom stereocenters. The monoisotopic (exact) mass is 491 g/mol. The van der Waals surface area contributed by atoms with Gasteiger partial charge in [0.15, 0.2) is 5.78 Å². The number of allylic oxidation sites excluding steroid dienone is 1. The average molecular weight is 492 g/mol. The van der Waals surface area contributed by atoms with Crippen molar-refractivity contribution in [3.63, 3.8) is 0 Å². The van der Waals surface area contributed by atoms with Crippen molar-refractivity contribution in [1.29, 1.82) is 0 Å². The molecule has 2 aromatic heterocycles. The highest BCUT2D eigenvalue weighted by atomic mass is 32.1. The Morgan fingerprint density at radius 3 is 2.44 bits per heavy atom. The van der Waals surface area contributed by atoms with E-state index in [4.69, 9.17) is 4.42 Å². The van der Waals surface area contributed by atoms with Crippen molar-refractivity contribution < 1.29 is 23.8 Å². The van der Waals surface area contributed by atoms with Crippen LogP contribution in [0.25, 0.3) is 0 Å². The number of aryl methyl sites for hydroxylation is 3. The highest BCUT2D eigenvalue weighted by Crippen LogP contribution is 2.20. The van der Waals surface area contributed by atoms with E-state index in [1.807, 2.05) is 11.3 Å². The third-order valence-electron chi connectivity index (χ3n) is 4.82. The van der Waals surface area contributed by atoms with Crippen LogP contribution in [0.1, 0.15) is 72.8 Å². The number of hydrogen-bond acceptors (Lipinski definition) is 7. The molecule has 0 fully saturated rings. The Morgan fingerprint density at radius 2 is 1.91 bits per heavy atom. The summed E-state index contributed by atoms with van der Waals surface area (Å²) in [5, 5.41) is 12.3. The summed E-state index contributed by atoms with van der Waals surface area (Å²) in [6.07, 6.45) is 6.90. The average Bonchev–Trinajstić information content (AvgIpc) is 3.19. The second-order valence-corrected chi connectivity index (χ2v) is 10.0. The number of thiophene rings is 1. The van der Waals surface area contributed by atoms with Crippen LogP contribution >= 0.6 is 11.3 Å². The number of methoxy groups -OCH3 is 1. The number of unbranched alkanes of at least 4 members (excludes halogenated alkanes) is 1. The molecular formula is C26H37NO6S. The molecule has 2 heterocycles. The molecule has 0 spiro atoms. The zero-order valence-electron chi connectivity index (χ0n) is 21.0. The summed E-state index contributed by atoms with van der Waals surface area (Å²) in [6, 6.07) is 5.76. The van der Waals surface area contributed by atoms with Crippen molar-refractivity contribution in [2.24, 2.45) is 11.8 Å². The van der Waals surface area contributed by atoms with Gasteiger partial charge in [-0.3, -0.25) is 10.1 Å². The summed E-state index contributed by atoms with van der Waals surface area (Å²) in [7, 11) is 1.27. The van der Waals surface area contributed by atoms with Crippen LogP contribution < -0.4 is 10.9 Å². The molecule has 7 nitrogen and oxygen atoms in total. The van der Waals surface area contributed by atoms with Crippen LogP contribution in [0.4, 0.5) is 4.79 Å². The van der Waals surface area contributed by atoms with Crippen LogP contribution in [-0.2, 0) is 17.6 Å².